The summed E-state index contributed by atoms with van der Waals surface area (Å²) in [5.41, 5.74) is 20.5. The first-order valence-electron chi connectivity index (χ1n) is 21.9. The van der Waals surface area contributed by atoms with E-state index in [-0.39, 0.29) is 5.41 Å². The zero-order chi connectivity index (χ0) is 41.4. The molecular weight excluding hydrogens is 747 g/mol. The van der Waals surface area contributed by atoms with Crippen LogP contribution in [-0.2, 0) is 11.8 Å². The highest BCUT2D eigenvalue weighted by Crippen LogP contribution is 2.52. The number of hydrogen-bond acceptors (Lipinski definition) is 1. The van der Waals surface area contributed by atoms with Crippen LogP contribution in [0.15, 0.2) is 218 Å². The van der Waals surface area contributed by atoms with Crippen molar-refractivity contribution in [3.63, 3.8) is 0 Å². The summed E-state index contributed by atoms with van der Waals surface area (Å²) >= 11 is 0. The minimum Gasteiger partial charge on any atom is -0.310 e. The number of benzene rings is 10. The van der Waals surface area contributed by atoms with E-state index in [1.807, 2.05) is 0 Å². The van der Waals surface area contributed by atoms with E-state index < -0.39 is 0 Å². The van der Waals surface area contributed by atoms with Gasteiger partial charge in [-0.05, 0) is 149 Å². The van der Waals surface area contributed by atoms with Gasteiger partial charge in [0.25, 0.3) is 0 Å². The Bertz CT molecular complexity index is 3340. The van der Waals surface area contributed by atoms with Gasteiger partial charge in [-0.15, -0.1) is 0 Å². The molecule has 10 aromatic carbocycles. The number of anilines is 3. The fourth-order valence-electron chi connectivity index (χ4n) is 10.6. The molecule has 1 nitrogen and oxygen atoms in total. The first-order valence-corrected chi connectivity index (χ1v) is 21.9. The van der Waals surface area contributed by atoms with Gasteiger partial charge in [0.2, 0.25) is 0 Å². The molecule has 1 unspecified atom stereocenters. The van der Waals surface area contributed by atoms with Gasteiger partial charge in [0.15, 0.2) is 0 Å². The fraction of sp³-hybridized carbons (Fsp3) is 0.0820. The maximum absolute atomic E-state index is 2.47. The zero-order valence-electron chi connectivity index (χ0n) is 35.0. The standard InChI is InChI=1S/C61H45N/c1-61(2)59-37-46(45-23-24-47-36-56(42-15-7-4-8-16-42)52-19-11-12-20-53(52)57(47)35-45)28-33-54(59)55-34-32-50(39-60(55)61)62(48-29-25-41(26-30-48)40-13-5-3-6-14-40)49-31-27-44-22-21-43-17-9-10-18-51(43)58(44)38-49/h3-35,37-39,56H,36H2,1-2H3. The molecule has 10 aromatic rings. The molecular formula is C61H45N. The van der Waals surface area contributed by atoms with Crippen LogP contribution in [0.2, 0.25) is 0 Å². The molecule has 0 radical (unpaired) electrons. The Labute approximate surface area is 364 Å². The molecule has 0 saturated heterocycles. The van der Waals surface area contributed by atoms with Crippen molar-refractivity contribution in [1.29, 1.82) is 0 Å². The van der Waals surface area contributed by atoms with Gasteiger partial charge < -0.3 is 4.90 Å². The predicted octanol–water partition coefficient (Wildman–Crippen LogP) is 16.5. The Kier molecular flexibility index (Phi) is 8.40. The minimum absolute atomic E-state index is 0.206. The molecule has 0 amide bonds. The Balaban J connectivity index is 0.936. The lowest BCUT2D eigenvalue weighted by atomic mass is 9.75. The van der Waals surface area contributed by atoms with Gasteiger partial charge >= 0.3 is 0 Å². The van der Waals surface area contributed by atoms with Gasteiger partial charge in [0.05, 0.1) is 0 Å². The molecule has 62 heavy (non-hydrogen) atoms. The second kappa shape index (κ2) is 14.3. The lowest BCUT2D eigenvalue weighted by molar-refractivity contribution is 0.660. The smallest absolute Gasteiger partial charge is 0.0468 e. The Morgan fingerprint density at radius 2 is 0.952 bits per heavy atom. The number of fused-ring (bicyclic) bond motifs is 9. The van der Waals surface area contributed by atoms with E-state index in [0.717, 1.165) is 23.5 Å². The zero-order valence-corrected chi connectivity index (χ0v) is 35.0. The van der Waals surface area contributed by atoms with E-state index in [1.54, 1.807) is 0 Å². The average Bonchev–Trinajstić information content (AvgIpc) is 3.56. The van der Waals surface area contributed by atoms with Crippen LogP contribution in [0.25, 0.3) is 66.1 Å². The maximum Gasteiger partial charge on any atom is 0.0468 e. The second-order valence-corrected chi connectivity index (χ2v) is 17.7. The highest BCUT2D eigenvalue weighted by atomic mass is 15.1. The second-order valence-electron chi connectivity index (χ2n) is 17.7. The van der Waals surface area contributed by atoms with Crippen molar-refractivity contribution in [2.75, 3.05) is 4.90 Å². The van der Waals surface area contributed by atoms with Gasteiger partial charge in [-0.1, -0.05) is 184 Å². The highest BCUT2D eigenvalue weighted by Gasteiger charge is 2.36. The topological polar surface area (TPSA) is 3.24 Å². The van der Waals surface area contributed by atoms with Crippen LogP contribution in [0.4, 0.5) is 17.1 Å². The highest BCUT2D eigenvalue weighted by molar-refractivity contribution is 6.09. The van der Waals surface area contributed by atoms with E-state index in [2.05, 4.69) is 237 Å². The van der Waals surface area contributed by atoms with E-state index >= 15 is 0 Å². The third kappa shape index (κ3) is 5.91. The van der Waals surface area contributed by atoms with E-state index in [0.29, 0.717) is 5.92 Å². The Morgan fingerprint density at radius 3 is 1.77 bits per heavy atom. The summed E-state index contributed by atoms with van der Waals surface area (Å²) in [4.78, 5) is 2.44. The minimum atomic E-state index is -0.206. The molecule has 0 N–H and O–H groups in total. The van der Waals surface area contributed by atoms with Crippen molar-refractivity contribution >= 4 is 38.6 Å². The van der Waals surface area contributed by atoms with E-state index in [4.69, 9.17) is 0 Å². The van der Waals surface area contributed by atoms with Crippen LogP contribution in [-0.4, -0.2) is 0 Å². The molecule has 0 fully saturated rings. The summed E-state index contributed by atoms with van der Waals surface area (Å²) in [6, 6.07) is 81.3. The average molecular weight is 792 g/mol. The summed E-state index contributed by atoms with van der Waals surface area (Å²) in [6.45, 7) is 4.80. The SMILES string of the molecule is CC1(C)c2cc(-c3ccc4c(c3)-c3ccccc3C(c3ccccc3)C4)ccc2-c2ccc(N(c3ccc(-c4ccccc4)cc3)c3ccc4ccc5ccccc5c4c3)cc21. The molecule has 0 aromatic heterocycles. The largest absolute Gasteiger partial charge is 0.310 e. The maximum atomic E-state index is 2.47. The Morgan fingerprint density at radius 1 is 0.387 bits per heavy atom. The number of nitrogens with zero attached hydrogens (tertiary/aromatic N) is 1. The van der Waals surface area contributed by atoms with Crippen molar-refractivity contribution in [1.82, 2.24) is 0 Å². The summed E-state index contributed by atoms with van der Waals surface area (Å²) < 4.78 is 0. The van der Waals surface area contributed by atoms with Crippen LogP contribution < -0.4 is 4.90 Å². The lowest BCUT2D eigenvalue weighted by Crippen LogP contribution is -2.16. The molecule has 0 aliphatic heterocycles. The molecule has 1 heteroatoms. The van der Waals surface area contributed by atoms with Crippen molar-refractivity contribution < 1.29 is 0 Å². The predicted molar refractivity (Wildman–Crippen MR) is 262 cm³/mol. The summed E-state index contributed by atoms with van der Waals surface area (Å²) in [5.74, 6) is 0.362. The van der Waals surface area contributed by atoms with Crippen molar-refractivity contribution in [2.45, 2.75) is 31.6 Å². The Hall–Kier alpha value is -7.48. The molecule has 2 aliphatic rings. The first kappa shape index (κ1) is 36.4. The van der Waals surface area contributed by atoms with Crippen LogP contribution in [0.5, 0.6) is 0 Å². The van der Waals surface area contributed by atoms with Crippen molar-refractivity contribution in [3.05, 3.63) is 246 Å². The van der Waals surface area contributed by atoms with E-state index in [1.165, 1.54) is 93.9 Å². The molecule has 0 saturated carbocycles. The van der Waals surface area contributed by atoms with Gasteiger partial charge in [-0.2, -0.15) is 0 Å². The van der Waals surface area contributed by atoms with Gasteiger partial charge in [-0.3, -0.25) is 0 Å². The van der Waals surface area contributed by atoms with Gasteiger partial charge in [-0.25, -0.2) is 0 Å². The van der Waals surface area contributed by atoms with Crippen molar-refractivity contribution in [2.24, 2.45) is 0 Å². The number of rotatable bonds is 6. The first-order chi connectivity index (χ1) is 30.5. The van der Waals surface area contributed by atoms with Gasteiger partial charge in [0, 0.05) is 28.4 Å². The third-order valence-corrected chi connectivity index (χ3v) is 13.8. The lowest BCUT2D eigenvalue weighted by Gasteiger charge is -2.29. The normalized spacial score (nSPS) is 14.5. The summed E-state index contributed by atoms with van der Waals surface area (Å²) in [6.07, 6.45) is 1.01. The summed E-state index contributed by atoms with van der Waals surface area (Å²) in [7, 11) is 0. The van der Waals surface area contributed by atoms with Crippen LogP contribution in [0.1, 0.15) is 47.6 Å². The molecule has 294 valence electrons. The van der Waals surface area contributed by atoms with E-state index in [9.17, 15) is 0 Å². The van der Waals surface area contributed by atoms with Crippen LogP contribution in [0, 0.1) is 0 Å². The van der Waals surface area contributed by atoms with Gasteiger partial charge in [0.1, 0.15) is 0 Å². The quantitative estimate of drug-likeness (QED) is 0.152. The molecule has 2 aliphatic carbocycles. The summed E-state index contributed by atoms with van der Waals surface area (Å²) in [5, 5.41) is 5.03. The molecule has 0 spiro atoms. The number of hydrogen-bond donors (Lipinski definition) is 0. The van der Waals surface area contributed by atoms with Crippen LogP contribution in [0.3, 0.4) is 0 Å². The van der Waals surface area contributed by atoms with Crippen molar-refractivity contribution in [3.8, 4) is 44.5 Å². The molecule has 12 rings (SSSR count). The monoisotopic (exact) mass is 791 g/mol. The molecule has 0 heterocycles. The van der Waals surface area contributed by atoms with Crippen LogP contribution >= 0.6 is 0 Å². The fourth-order valence-corrected chi connectivity index (χ4v) is 10.6. The third-order valence-electron chi connectivity index (χ3n) is 13.8. The molecule has 1 atom stereocenters. The molecule has 0 bridgehead atoms.